The molecule has 2 heterocycles. The second-order valence-electron chi connectivity index (χ2n) is 7.10. The normalized spacial score (nSPS) is 12.2. The van der Waals surface area contributed by atoms with Crippen molar-refractivity contribution in [3.63, 3.8) is 0 Å². The first-order valence-electron chi connectivity index (χ1n) is 8.59. The summed E-state index contributed by atoms with van der Waals surface area (Å²) in [4.78, 5) is 26.7. The molecule has 25 heavy (non-hydrogen) atoms. The summed E-state index contributed by atoms with van der Waals surface area (Å²) in [5.74, 6) is 0.604. The predicted molar refractivity (Wildman–Crippen MR) is 100 cm³/mol. The Balaban J connectivity index is 2.67. The van der Waals surface area contributed by atoms with Gasteiger partial charge in [-0.25, -0.2) is 4.79 Å². The van der Waals surface area contributed by atoms with E-state index in [0.717, 1.165) is 17.5 Å². The maximum atomic E-state index is 12.5. The minimum absolute atomic E-state index is 0.141. The number of hydrogen-bond donors (Lipinski definition) is 1. The fourth-order valence-electron chi connectivity index (χ4n) is 3.19. The van der Waals surface area contributed by atoms with Gasteiger partial charge in [0, 0.05) is 20.1 Å². The van der Waals surface area contributed by atoms with Gasteiger partial charge in [0.05, 0.1) is 11.0 Å². The summed E-state index contributed by atoms with van der Waals surface area (Å²) in [6.07, 6.45) is 1.02. The van der Waals surface area contributed by atoms with Gasteiger partial charge in [-0.2, -0.15) is 0 Å². The second-order valence-corrected chi connectivity index (χ2v) is 7.10. The summed E-state index contributed by atoms with van der Waals surface area (Å²) >= 11 is 0. The van der Waals surface area contributed by atoms with Crippen molar-refractivity contribution in [2.75, 3.05) is 11.4 Å². The molecule has 0 unspecified atom stereocenters. The molecule has 0 aliphatic heterocycles. The van der Waals surface area contributed by atoms with Crippen LogP contribution >= 0.6 is 0 Å². The molecule has 8 nitrogen and oxygen atoms in total. The number of aromatic nitrogens is 4. The molecule has 0 amide bonds. The van der Waals surface area contributed by atoms with E-state index in [1.807, 2.05) is 0 Å². The molecule has 0 saturated heterocycles. The van der Waals surface area contributed by atoms with E-state index in [2.05, 4.69) is 55.0 Å². The average Bonchev–Trinajstić information content (AvgIpc) is 2.55. The Labute approximate surface area is 147 Å². The zero-order chi connectivity index (χ0) is 18.9. The van der Waals surface area contributed by atoms with E-state index in [4.69, 9.17) is 0 Å². The van der Waals surface area contributed by atoms with E-state index >= 15 is 0 Å². The van der Waals surface area contributed by atoms with Gasteiger partial charge in [0.15, 0.2) is 11.5 Å². The van der Waals surface area contributed by atoms with Crippen molar-refractivity contribution in [1.29, 1.82) is 0 Å². The Morgan fingerprint density at radius 2 is 1.84 bits per heavy atom. The van der Waals surface area contributed by atoms with E-state index in [1.165, 1.54) is 11.6 Å². The van der Waals surface area contributed by atoms with Crippen molar-refractivity contribution in [1.82, 2.24) is 24.6 Å². The van der Waals surface area contributed by atoms with Crippen LogP contribution in [0.1, 0.15) is 41.0 Å². The summed E-state index contributed by atoms with van der Waals surface area (Å²) in [5.41, 5.74) is -0.847. The number of fused-ring (bicyclic) bond motifs is 1. The fourth-order valence-corrected chi connectivity index (χ4v) is 3.19. The number of hydrogen-bond acceptors (Lipinski definition) is 6. The lowest BCUT2D eigenvalue weighted by Gasteiger charge is -2.43. The van der Waals surface area contributed by atoms with E-state index in [-0.39, 0.29) is 17.3 Å². The highest BCUT2D eigenvalue weighted by Gasteiger charge is 2.30. The lowest BCUT2D eigenvalue weighted by atomic mass is 10.1. The van der Waals surface area contributed by atoms with E-state index in [9.17, 15) is 9.59 Å². The van der Waals surface area contributed by atoms with Gasteiger partial charge < -0.3 is 4.90 Å². The van der Waals surface area contributed by atoms with Gasteiger partial charge in [-0.1, -0.05) is 6.92 Å². The van der Waals surface area contributed by atoms with Crippen molar-refractivity contribution in [3.05, 3.63) is 26.9 Å². The number of rotatable bonds is 6. The van der Waals surface area contributed by atoms with Crippen LogP contribution in [0.2, 0.25) is 0 Å². The molecule has 0 bridgehead atoms. The lowest BCUT2D eigenvalue weighted by Crippen LogP contribution is -2.58. The highest BCUT2D eigenvalue weighted by molar-refractivity contribution is 5.76. The van der Waals surface area contributed by atoms with Crippen LogP contribution in [0.15, 0.2) is 15.7 Å². The Morgan fingerprint density at radius 1 is 1.20 bits per heavy atom. The fraction of sp³-hybridized carbons (Fsp3) is 0.647. The summed E-state index contributed by atoms with van der Waals surface area (Å²) < 4.78 is 2.43. The molecule has 0 spiro atoms. The highest BCUT2D eigenvalue weighted by Crippen LogP contribution is 2.24. The first-order chi connectivity index (χ1) is 11.6. The molecule has 0 aromatic carbocycles. The molecule has 0 atom stereocenters. The molecule has 0 aliphatic carbocycles. The second kappa shape index (κ2) is 6.95. The Kier molecular flexibility index (Phi) is 5.31. The molecule has 0 fully saturated rings. The Hall–Kier alpha value is -2.22. The van der Waals surface area contributed by atoms with Gasteiger partial charge in [0.25, 0.3) is 5.56 Å². The minimum atomic E-state index is -0.412. The summed E-state index contributed by atoms with van der Waals surface area (Å²) in [6, 6.07) is 1.86. The SMILES string of the molecule is CCCNC(C)(C)N(c1cc2c(=O)n(C)c(=O)n(C)c2nn1)C(C)C. The molecule has 0 aliphatic rings. The molecular formula is C17H28N6O2. The predicted octanol–water partition coefficient (Wildman–Crippen LogP) is 0.978. The molecule has 2 aromatic heterocycles. The maximum Gasteiger partial charge on any atom is 0.332 e. The molecule has 138 valence electrons. The number of nitrogens with one attached hydrogen (secondary N) is 1. The van der Waals surface area contributed by atoms with Crippen LogP contribution in [-0.2, 0) is 14.1 Å². The van der Waals surface area contributed by atoms with Gasteiger partial charge in [0.2, 0.25) is 0 Å². The van der Waals surface area contributed by atoms with Gasteiger partial charge in [0.1, 0.15) is 0 Å². The van der Waals surface area contributed by atoms with Crippen LogP contribution in [0.3, 0.4) is 0 Å². The molecule has 8 heteroatoms. The van der Waals surface area contributed by atoms with Crippen molar-refractivity contribution < 1.29 is 0 Å². The third-order valence-electron chi connectivity index (χ3n) is 4.36. The summed E-state index contributed by atoms with van der Waals surface area (Å²) in [5, 5.41) is 12.4. The molecule has 0 radical (unpaired) electrons. The average molecular weight is 348 g/mol. The third-order valence-corrected chi connectivity index (χ3v) is 4.36. The van der Waals surface area contributed by atoms with E-state index in [0.29, 0.717) is 16.9 Å². The van der Waals surface area contributed by atoms with E-state index < -0.39 is 5.69 Å². The van der Waals surface area contributed by atoms with Crippen LogP contribution in [-0.4, -0.2) is 37.6 Å². The molecule has 2 rings (SSSR count). The van der Waals surface area contributed by atoms with E-state index in [1.54, 1.807) is 13.1 Å². The molecular weight excluding hydrogens is 320 g/mol. The number of anilines is 1. The standard InChI is InChI=1S/C17H28N6O2/c1-8-9-18-17(4,5)23(11(2)3)13-10-12-14(20-19-13)21(6)16(25)22(7)15(12)24/h10-11,18H,8-9H2,1-7H3. The van der Waals surface area contributed by atoms with Gasteiger partial charge >= 0.3 is 5.69 Å². The van der Waals surface area contributed by atoms with Crippen LogP contribution in [0.4, 0.5) is 5.82 Å². The Morgan fingerprint density at radius 3 is 2.40 bits per heavy atom. The minimum Gasteiger partial charge on any atom is -0.335 e. The Bertz CT molecular complexity index is 881. The van der Waals surface area contributed by atoms with Gasteiger partial charge in [-0.3, -0.25) is 19.2 Å². The van der Waals surface area contributed by atoms with Crippen LogP contribution in [0.25, 0.3) is 11.0 Å². The molecule has 1 N–H and O–H groups in total. The van der Waals surface area contributed by atoms with Gasteiger partial charge in [-0.15, -0.1) is 10.2 Å². The van der Waals surface area contributed by atoms with Crippen molar-refractivity contribution in [2.45, 2.75) is 52.7 Å². The largest absolute Gasteiger partial charge is 0.335 e. The zero-order valence-corrected chi connectivity index (χ0v) is 16.1. The first-order valence-corrected chi connectivity index (χ1v) is 8.59. The number of aryl methyl sites for hydroxylation is 1. The molecule has 2 aromatic rings. The van der Waals surface area contributed by atoms with Gasteiger partial charge in [-0.05, 0) is 46.7 Å². The number of nitrogens with zero attached hydrogens (tertiary/aromatic N) is 5. The third kappa shape index (κ3) is 3.44. The zero-order valence-electron chi connectivity index (χ0n) is 16.1. The summed E-state index contributed by atoms with van der Waals surface area (Å²) in [7, 11) is 3.06. The van der Waals surface area contributed by atoms with Crippen LogP contribution in [0.5, 0.6) is 0 Å². The first kappa shape index (κ1) is 19.1. The van der Waals surface area contributed by atoms with Crippen molar-refractivity contribution in [2.24, 2.45) is 14.1 Å². The molecule has 0 saturated carbocycles. The topological polar surface area (TPSA) is 85.0 Å². The van der Waals surface area contributed by atoms with Crippen molar-refractivity contribution >= 4 is 16.9 Å². The lowest BCUT2D eigenvalue weighted by molar-refractivity contribution is 0.344. The van der Waals surface area contributed by atoms with Crippen LogP contribution < -0.4 is 21.5 Å². The smallest absolute Gasteiger partial charge is 0.332 e. The summed E-state index contributed by atoms with van der Waals surface area (Å²) in [6.45, 7) is 11.3. The maximum absolute atomic E-state index is 12.5. The van der Waals surface area contributed by atoms with Crippen LogP contribution in [0, 0.1) is 0 Å². The quantitative estimate of drug-likeness (QED) is 0.783. The highest BCUT2D eigenvalue weighted by atomic mass is 16.2. The van der Waals surface area contributed by atoms with Crippen molar-refractivity contribution in [3.8, 4) is 0 Å². The monoisotopic (exact) mass is 348 g/mol.